The number of esters is 1. The molecule has 0 amide bonds. The van der Waals surface area contributed by atoms with Gasteiger partial charge in [-0.25, -0.2) is 0 Å². The highest BCUT2D eigenvalue weighted by molar-refractivity contribution is 7.99. The third kappa shape index (κ3) is 9.77. The Morgan fingerprint density at radius 2 is 1.94 bits per heavy atom. The average molecular weight is 275 g/mol. The number of hydrogen-bond donors (Lipinski definition) is 1. The first-order valence-corrected chi connectivity index (χ1v) is 7.94. The lowest BCUT2D eigenvalue weighted by Gasteiger charge is -2.22. The van der Waals surface area contributed by atoms with E-state index in [2.05, 4.69) is 26.1 Å². The molecule has 1 N–H and O–H groups in total. The van der Waals surface area contributed by atoms with Crippen LogP contribution in [0.5, 0.6) is 0 Å². The minimum Gasteiger partial charge on any atom is -0.459 e. The van der Waals surface area contributed by atoms with E-state index in [1.165, 1.54) is 0 Å². The zero-order valence-electron chi connectivity index (χ0n) is 12.7. The minimum absolute atomic E-state index is 0.120. The molecule has 0 aliphatic heterocycles. The van der Waals surface area contributed by atoms with Crippen LogP contribution in [0.25, 0.3) is 0 Å². The summed E-state index contributed by atoms with van der Waals surface area (Å²) in [4.78, 5) is 11.6. The van der Waals surface area contributed by atoms with Gasteiger partial charge in [0.05, 0.1) is 5.75 Å². The lowest BCUT2D eigenvalue weighted by Crippen LogP contribution is -2.37. The van der Waals surface area contributed by atoms with E-state index in [4.69, 9.17) is 4.74 Å². The smallest absolute Gasteiger partial charge is 0.316 e. The molecule has 0 fully saturated rings. The molecule has 0 radical (unpaired) electrons. The van der Waals surface area contributed by atoms with E-state index in [0.717, 1.165) is 18.7 Å². The molecule has 0 aliphatic rings. The Kier molecular flexibility index (Phi) is 8.70. The first-order valence-electron chi connectivity index (χ1n) is 6.79. The van der Waals surface area contributed by atoms with Crippen LogP contribution < -0.4 is 5.32 Å². The molecule has 0 aliphatic carbocycles. The molecule has 18 heavy (non-hydrogen) atoms. The molecule has 0 bridgehead atoms. The Bertz CT molecular complexity index is 236. The largest absolute Gasteiger partial charge is 0.459 e. The van der Waals surface area contributed by atoms with Crippen molar-refractivity contribution in [2.24, 2.45) is 5.92 Å². The van der Waals surface area contributed by atoms with E-state index in [1.54, 1.807) is 11.8 Å². The van der Waals surface area contributed by atoms with Gasteiger partial charge >= 0.3 is 5.97 Å². The summed E-state index contributed by atoms with van der Waals surface area (Å²) in [5.74, 6) is 1.86. The van der Waals surface area contributed by atoms with Gasteiger partial charge < -0.3 is 10.1 Å². The fourth-order valence-electron chi connectivity index (χ4n) is 1.46. The Balaban J connectivity index is 3.88. The highest BCUT2D eigenvalue weighted by Crippen LogP contribution is 2.13. The van der Waals surface area contributed by atoms with Gasteiger partial charge in [0.25, 0.3) is 0 Å². The fourth-order valence-corrected chi connectivity index (χ4v) is 2.56. The summed E-state index contributed by atoms with van der Waals surface area (Å²) in [5, 5.41) is 3.52. The highest BCUT2D eigenvalue weighted by Gasteiger charge is 2.17. The second-order valence-electron chi connectivity index (χ2n) is 5.91. The molecule has 1 atom stereocenters. The second-order valence-corrected chi connectivity index (χ2v) is 6.94. The van der Waals surface area contributed by atoms with Crippen LogP contribution >= 0.6 is 11.8 Å². The number of carbonyl (C=O) groups excluding carboxylic acids is 1. The molecule has 0 aromatic heterocycles. The maximum atomic E-state index is 11.6. The zero-order valence-corrected chi connectivity index (χ0v) is 13.5. The summed E-state index contributed by atoms with van der Waals surface area (Å²) in [7, 11) is 0. The predicted molar refractivity (Wildman–Crippen MR) is 80.1 cm³/mol. The summed E-state index contributed by atoms with van der Waals surface area (Å²) >= 11 is 1.65. The van der Waals surface area contributed by atoms with Crippen LogP contribution in [0.2, 0.25) is 0 Å². The van der Waals surface area contributed by atoms with E-state index in [0.29, 0.717) is 17.7 Å². The Labute approximate surface area is 116 Å². The van der Waals surface area contributed by atoms with Crippen LogP contribution in [-0.2, 0) is 9.53 Å². The number of nitrogens with one attached hydrogen (secondary N) is 1. The van der Waals surface area contributed by atoms with Crippen molar-refractivity contribution in [1.82, 2.24) is 5.32 Å². The van der Waals surface area contributed by atoms with Gasteiger partial charge in [-0.3, -0.25) is 4.79 Å². The molecule has 0 aromatic carbocycles. The SMILES string of the molecule is CCCNC(CSCC(=O)OC(C)(C)C)C(C)C. The Morgan fingerprint density at radius 1 is 1.33 bits per heavy atom. The molecule has 0 rings (SSSR count). The van der Waals surface area contributed by atoms with Crippen LogP contribution in [0.1, 0.15) is 48.0 Å². The lowest BCUT2D eigenvalue weighted by molar-refractivity contribution is -0.151. The van der Waals surface area contributed by atoms with Crippen molar-refractivity contribution in [3.8, 4) is 0 Å². The molecule has 0 saturated carbocycles. The average Bonchev–Trinajstić information content (AvgIpc) is 2.19. The standard InChI is InChI=1S/C14H29NO2S/c1-7-8-15-12(11(2)3)9-18-10-13(16)17-14(4,5)6/h11-12,15H,7-10H2,1-6H3. The molecular weight excluding hydrogens is 246 g/mol. The molecule has 0 saturated heterocycles. The Hall–Kier alpha value is -0.220. The summed E-state index contributed by atoms with van der Waals surface area (Å²) in [6.07, 6.45) is 1.14. The van der Waals surface area contributed by atoms with Gasteiger partial charge in [-0.05, 0) is 39.7 Å². The maximum Gasteiger partial charge on any atom is 0.316 e. The number of ether oxygens (including phenoxy) is 1. The van der Waals surface area contributed by atoms with Crippen molar-refractivity contribution in [3.05, 3.63) is 0 Å². The second kappa shape index (κ2) is 8.81. The van der Waals surface area contributed by atoms with Gasteiger partial charge in [0.15, 0.2) is 0 Å². The Morgan fingerprint density at radius 3 is 2.39 bits per heavy atom. The number of carbonyl (C=O) groups is 1. The van der Waals surface area contributed by atoms with Crippen molar-refractivity contribution in [2.45, 2.75) is 59.6 Å². The van der Waals surface area contributed by atoms with Crippen LogP contribution in [0.4, 0.5) is 0 Å². The number of thioether (sulfide) groups is 1. The molecule has 0 aromatic rings. The summed E-state index contributed by atoms with van der Waals surface area (Å²) in [6, 6.07) is 0.470. The lowest BCUT2D eigenvalue weighted by atomic mass is 10.1. The topological polar surface area (TPSA) is 38.3 Å². The third-order valence-corrected chi connectivity index (χ3v) is 3.43. The monoisotopic (exact) mass is 275 g/mol. The third-order valence-electron chi connectivity index (χ3n) is 2.40. The van der Waals surface area contributed by atoms with E-state index in [-0.39, 0.29) is 11.6 Å². The molecule has 1 unspecified atom stereocenters. The van der Waals surface area contributed by atoms with Gasteiger partial charge in [-0.2, -0.15) is 0 Å². The van der Waals surface area contributed by atoms with Crippen LogP contribution in [-0.4, -0.2) is 35.7 Å². The molecular formula is C14H29NO2S. The minimum atomic E-state index is -0.379. The van der Waals surface area contributed by atoms with Crippen molar-refractivity contribution in [1.29, 1.82) is 0 Å². The van der Waals surface area contributed by atoms with Crippen molar-refractivity contribution >= 4 is 17.7 Å². The maximum absolute atomic E-state index is 11.6. The summed E-state index contributed by atoms with van der Waals surface area (Å²) in [6.45, 7) is 13.3. The predicted octanol–water partition coefficient (Wildman–Crippen LogP) is 3.09. The summed E-state index contributed by atoms with van der Waals surface area (Å²) in [5.41, 5.74) is -0.379. The number of hydrogen-bond acceptors (Lipinski definition) is 4. The van der Waals surface area contributed by atoms with Crippen LogP contribution in [0.15, 0.2) is 0 Å². The van der Waals surface area contributed by atoms with Crippen molar-refractivity contribution in [2.75, 3.05) is 18.1 Å². The van der Waals surface area contributed by atoms with Gasteiger partial charge in [0.1, 0.15) is 5.60 Å². The summed E-state index contributed by atoms with van der Waals surface area (Å²) < 4.78 is 5.28. The molecule has 3 nitrogen and oxygen atoms in total. The van der Waals surface area contributed by atoms with E-state index < -0.39 is 0 Å². The van der Waals surface area contributed by atoms with E-state index >= 15 is 0 Å². The fraction of sp³-hybridized carbons (Fsp3) is 0.929. The molecule has 0 spiro atoms. The first-order chi connectivity index (χ1) is 8.26. The highest BCUT2D eigenvalue weighted by atomic mass is 32.2. The van der Waals surface area contributed by atoms with Crippen LogP contribution in [0, 0.1) is 5.92 Å². The first kappa shape index (κ1) is 17.8. The van der Waals surface area contributed by atoms with Gasteiger partial charge in [-0.1, -0.05) is 20.8 Å². The van der Waals surface area contributed by atoms with E-state index in [9.17, 15) is 4.79 Å². The van der Waals surface area contributed by atoms with Crippen LogP contribution in [0.3, 0.4) is 0 Å². The van der Waals surface area contributed by atoms with E-state index in [1.807, 2.05) is 20.8 Å². The van der Waals surface area contributed by atoms with Gasteiger partial charge in [-0.15, -0.1) is 11.8 Å². The molecule has 4 heteroatoms. The zero-order chi connectivity index (χ0) is 14.2. The number of rotatable bonds is 8. The van der Waals surface area contributed by atoms with Gasteiger partial charge in [0.2, 0.25) is 0 Å². The quantitative estimate of drug-likeness (QED) is 0.691. The van der Waals surface area contributed by atoms with Gasteiger partial charge in [0, 0.05) is 11.8 Å². The van der Waals surface area contributed by atoms with Crippen molar-refractivity contribution in [3.63, 3.8) is 0 Å². The molecule has 108 valence electrons. The molecule has 0 heterocycles. The normalized spacial score (nSPS) is 13.7. The van der Waals surface area contributed by atoms with Crippen molar-refractivity contribution < 1.29 is 9.53 Å².